The van der Waals surface area contributed by atoms with Crippen LogP contribution in [-0.2, 0) is 5.41 Å². The van der Waals surface area contributed by atoms with Gasteiger partial charge in [-0.2, -0.15) is 5.26 Å². The predicted molar refractivity (Wildman–Crippen MR) is 111 cm³/mol. The standard InChI is InChI=1S/C24H19N3/c1-17(16-25)24(19-12-7-4-8-13-19)22-20(18-10-5-3-6-11-18)14-9-15-21(22)27-23(24)26-2/h3-15,17H,2H2,1H3. The smallest absolute Gasteiger partial charge is 0.144 e. The molecule has 0 saturated heterocycles. The van der Waals surface area contributed by atoms with Gasteiger partial charge in [-0.05, 0) is 36.4 Å². The van der Waals surface area contributed by atoms with Crippen LogP contribution >= 0.6 is 0 Å². The van der Waals surface area contributed by atoms with E-state index in [1.165, 1.54) is 0 Å². The van der Waals surface area contributed by atoms with Crippen molar-refractivity contribution in [1.82, 2.24) is 0 Å². The van der Waals surface area contributed by atoms with Crippen LogP contribution in [0.4, 0.5) is 5.69 Å². The molecule has 0 radical (unpaired) electrons. The zero-order valence-electron chi connectivity index (χ0n) is 15.1. The van der Waals surface area contributed by atoms with E-state index in [1.807, 2.05) is 67.6 Å². The maximum atomic E-state index is 9.95. The summed E-state index contributed by atoms with van der Waals surface area (Å²) >= 11 is 0. The highest BCUT2D eigenvalue weighted by Crippen LogP contribution is 2.53. The highest BCUT2D eigenvalue weighted by atomic mass is 15.0. The molecule has 0 aromatic heterocycles. The van der Waals surface area contributed by atoms with E-state index in [0.29, 0.717) is 5.84 Å². The first-order valence-electron chi connectivity index (χ1n) is 8.93. The molecular weight excluding hydrogens is 330 g/mol. The Hall–Kier alpha value is -3.51. The number of benzene rings is 3. The second kappa shape index (κ2) is 6.66. The number of fused-ring (bicyclic) bond motifs is 1. The topological polar surface area (TPSA) is 48.5 Å². The van der Waals surface area contributed by atoms with E-state index in [0.717, 1.165) is 27.9 Å². The number of rotatable bonds is 3. The van der Waals surface area contributed by atoms with Crippen LogP contribution in [-0.4, -0.2) is 12.6 Å². The normalized spacial score (nSPS) is 18.9. The van der Waals surface area contributed by atoms with Gasteiger partial charge in [0.2, 0.25) is 0 Å². The Morgan fingerprint density at radius 1 is 0.963 bits per heavy atom. The first kappa shape index (κ1) is 16.9. The summed E-state index contributed by atoms with van der Waals surface area (Å²) in [5.74, 6) is 0.219. The fourth-order valence-electron chi connectivity index (χ4n) is 4.11. The minimum atomic E-state index is -0.750. The number of hydrogen-bond donors (Lipinski definition) is 0. The van der Waals surface area contributed by atoms with Gasteiger partial charge in [-0.15, -0.1) is 0 Å². The van der Waals surface area contributed by atoms with E-state index >= 15 is 0 Å². The number of amidine groups is 1. The monoisotopic (exact) mass is 349 g/mol. The predicted octanol–water partition coefficient (Wildman–Crippen LogP) is 5.54. The SMILES string of the molecule is C=NC1=Nc2cccc(-c3ccccc3)c2C1(c1ccccc1)C(C)C#N. The maximum absolute atomic E-state index is 9.95. The molecule has 2 unspecified atom stereocenters. The fraction of sp³-hybridized carbons (Fsp3) is 0.125. The van der Waals surface area contributed by atoms with E-state index in [1.54, 1.807) is 0 Å². The van der Waals surface area contributed by atoms with Crippen molar-refractivity contribution < 1.29 is 0 Å². The Bertz CT molecular complexity index is 1060. The Kier molecular flexibility index (Phi) is 4.18. The van der Waals surface area contributed by atoms with Gasteiger partial charge in [-0.3, -0.25) is 0 Å². The Morgan fingerprint density at radius 3 is 2.26 bits per heavy atom. The highest BCUT2D eigenvalue weighted by Gasteiger charge is 2.51. The zero-order chi connectivity index (χ0) is 18.9. The average molecular weight is 349 g/mol. The molecule has 0 N–H and O–H groups in total. The highest BCUT2D eigenvalue weighted by molar-refractivity contribution is 6.08. The summed E-state index contributed by atoms with van der Waals surface area (Å²) in [6.45, 7) is 5.71. The van der Waals surface area contributed by atoms with Gasteiger partial charge in [0.15, 0.2) is 0 Å². The lowest BCUT2D eigenvalue weighted by Gasteiger charge is -2.34. The Balaban J connectivity index is 2.12. The molecule has 3 heteroatoms. The molecule has 3 aromatic rings. The minimum absolute atomic E-state index is 0.365. The van der Waals surface area contributed by atoms with Crippen molar-refractivity contribution in [2.24, 2.45) is 15.9 Å². The molecule has 0 fully saturated rings. The lowest BCUT2D eigenvalue weighted by molar-refractivity contribution is 0.550. The fourth-order valence-corrected chi connectivity index (χ4v) is 4.11. The van der Waals surface area contributed by atoms with Gasteiger partial charge in [-0.25, -0.2) is 9.98 Å². The number of nitriles is 1. The van der Waals surface area contributed by atoms with E-state index in [-0.39, 0.29) is 5.92 Å². The molecule has 1 aliphatic rings. The van der Waals surface area contributed by atoms with Gasteiger partial charge in [-0.1, -0.05) is 72.8 Å². The summed E-state index contributed by atoms with van der Waals surface area (Å²) in [6.07, 6.45) is 0. The maximum Gasteiger partial charge on any atom is 0.144 e. The van der Waals surface area contributed by atoms with Crippen LogP contribution in [0, 0.1) is 17.2 Å². The molecule has 27 heavy (non-hydrogen) atoms. The van der Waals surface area contributed by atoms with E-state index in [9.17, 15) is 5.26 Å². The van der Waals surface area contributed by atoms with Gasteiger partial charge in [0.05, 0.1) is 23.1 Å². The largest absolute Gasteiger partial charge is 0.248 e. The molecule has 3 aromatic carbocycles. The molecule has 3 nitrogen and oxygen atoms in total. The van der Waals surface area contributed by atoms with Gasteiger partial charge >= 0.3 is 0 Å². The van der Waals surface area contributed by atoms with E-state index < -0.39 is 5.41 Å². The van der Waals surface area contributed by atoms with Crippen molar-refractivity contribution in [3.63, 3.8) is 0 Å². The number of hydrogen-bond acceptors (Lipinski definition) is 3. The molecule has 4 rings (SSSR count). The molecule has 130 valence electrons. The van der Waals surface area contributed by atoms with Gasteiger partial charge in [0.25, 0.3) is 0 Å². The first-order valence-corrected chi connectivity index (χ1v) is 8.93. The van der Waals surface area contributed by atoms with Crippen molar-refractivity contribution in [3.8, 4) is 17.2 Å². The van der Waals surface area contributed by atoms with Gasteiger partial charge < -0.3 is 0 Å². The van der Waals surface area contributed by atoms with Crippen molar-refractivity contribution in [2.45, 2.75) is 12.3 Å². The first-order chi connectivity index (χ1) is 13.2. The average Bonchev–Trinajstić information content (AvgIpc) is 3.09. The van der Waals surface area contributed by atoms with Crippen LogP contribution in [0.25, 0.3) is 11.1 Å². The van der Waals surface area contributed by atoms with Crippen molar-refractivity contribution in [3.05, 3.63) is 90.0 Å². The van der Waals surface area contributed by atoms with Crippen LogP contribution in [0.2, 0.25) is 0 Å². The summed E-state index contributed by atoms with van der Waals surface area (Å²) in [6, 6.07) is 28.8. The second-order valence-corrected chi connectivity index (χ2v) is 6.68. The third kappa shape index (κ3) is 2.42. The van der Waals surface area contributed by atoms with Gasteiger partial charge in [0.1, 0.15) is 5.84 Å². The molecule has 0 saturated carbocycles. The molecule has 2 atom stereocenters. The summed E-state index contributed by atoms with van der Waals surface area (Å²) in [7, 11) is 0. The summed E-state index contributed by atoms with van der Waals surface area (Å²) in [5.41, 5.74) is 4.30. The van der Waals surface area contributed by atoms with Crippen molar-refractivity contribution in [1.29, 1.82) is 5.26 Å². The van der Waals surface area contributed by atoms with Crippen LogP contribution in [0.1, 0.15) is 18.1 Å². The zero-order valence-corrected chi connectivity index (χ0v) is 15.1. The lowest BCUT2D eigenvalue weighted by Crippen LogP contribution is -2.40. The second-order valence-electron chi connectivity index (χ2n) is 6.68. The molecule has 1 heterocycles. The third-order valence-electron chi connectivity index (χ3n) is 5.32. The Morgan fingerprint density at radius 2 is 1.63 bits per heavy atom. The Labute approximate surface area is 159 Å². The molecule has 0 bridgehead atoms. The number of aliphatic imine (C=N–C) groups is 2. The third-order valence-corrected chi connectivity index (χ3v) is 5.32. The molecule has 0 amide bonds. The van der Waals surface area contributed by atoms with Crippen LogP contribution < -0.4 is 0 Å². The van der Waals surface area contributed by atoms with Crippen LogP contribution in [0.3, 0.4) is 0 Å². The molecule has 0 aliphatic carbocycles. The quantitative estimate of drug-likeness (QED) is 0.572. The summed E-state index contributed by atoms with van der Waals surface area (Å²) < 4.78 is 0. The minimum Gasteiger partial charge on any atom is -0.248 e. The van der Waals surface area contributed by atoms with Crippen LogP contribution in [0.5, 0.6) is 0 Å². The molecular formula is C24H19N3. The number of nitrogens with zero attached hydrogens (tertiary/aromatic N) is 3. The van der Waals surface area contributed by atoms with E-state index in [2.05, 4.69) is 36.0 Å². The summed E-state index contributed by atoms with van der Waals surface area (Å²) in [5, 5.41) is 9.95. The van der Waals surface area contributed by atoms with Gasteiger partial charge in [0, 0.05) is 5.56 Å². The van der Waals surface area contributed by atoms with Crippen molar-refractivity contribution >= 4 is 18.2 Å². The molecule has 1 aliphatic heterocycles. The summed E-state index contributed by atoms with van der Waals surface area (Å²) in [4.78, 5) is 9.08. The molecule has 0 spiro atoms. The van der Waals surface area contributed by atoms with E-state index in [4.69, 9.17) is 4.99 Å². The lowest BCUT2D eigenvalue weighted by atomic mass is 9.65. The van der Waals surface area contributed by atoms with Crippen molar-refractivity contribution in [2.75, 3.05) is 0 Å². The van der Waals surface area contributed by atoms with Crippen LogP contribution in [0.15, 0.2) is 88.8 Å².